The zero-order valence-corrected chi connectivity index (χ0v) is 17.1. The zero-order chi connectivity index (χ0) is 18.9. The molecular weight excluding hydrogens is 324 g/mol. The molecule has 0 saturated carbocycles. The van der Waals surface area contributed by atoms with Crippen molar-refractivity contribution in [2.45, 2.75) is 46.1 Å². The molecule has 0 spiro atoms. The second kappa shape index (κ2) is 10.3. The summed E-state index contributed by atoms with van der Waals surface area (Å²) in [5.41, 5.74) is 1.20. The molecule has 146 valence electrons. The van der Waals surface area contributed by atoms with Crippen molar-refractivity contribution in [2.75, 3.05) is 38.7 Å². The van der Waals surface area contributed by atoms with Gasteiger partial charge in [-0.2, -0.15) is 0 Å². The predicted octanol–water partition coefficient (Wildman–Crippen LogP) is 3.51. The van der Waals surface area contributed by atoms with Crippen molar-refractivity contribution in [2.24, 2.45) is 16.8 Å². The number of ether oxygens (including phenoxy) is 1. The van der Waals surface area contributed by atoms with E-state index in [1.165, 1.54) is 24.9 Å². The fraction of sp³-hybridized carbons (Fsp3) is 0.667. The Hall–Kier alpha value is -1.91. The number of methoxy groups -OCH3 is 1. The van der Waals surface area contributed by atoms with Crippen LogP contribution in [0.5, 0.6) is 5.75 Å². The molecule has 0 bridgehead atoms. The van der Waals surface area contributed by atoms with E-state index in [0.29, 0.717) is 12.0 Å². The van der Waals surface area contributed by atoms with Gasteiger partial charge < -0.3 is 20.3 Å². The number of para-hydroxylation sites is 2. The Kier molecular flexibility index (Phi) is 8.07. The van der Waals surface area contributed by atoms with E-state index >= 15 is 0 Å². The van der Waals surface area contributed by atoms with Gasteiger partial charge in [0.05, 0.1) is 12.8 Å². The van der Waals surface area contributed by atoms with Crippen LogP contribution in [-0.4, -0.2) is 45.8 Å². The molecule has 0 aliphatic carbocycles. The lowest BCUT2D eigenvalue weighted by atomic mass is 10.0. The summed E-state index contributed by atoms with van der Waals surface area (Å²) in [6, 6.07) is 8.72. The smallest absolute Gasteiger partial charge is 0.191 e. The number of hydrogen-bond donors (Lipinski definition) is 2. The highest BCUT2D eigenvalue weighted by atomic mass is 16.5. The van der Waals surface area contributed by atoms with Crippen molar-refractivity contribution in [3.05, 3.63) is 24.3 Å². The summed E-state index contributed by atoms with van der Waals surface area (Å²) in [5, 5.41) is 7.02. The van der Waals surface area contributed by atoms with Gasteiger partial charge in [-0.05, 0) is 50.2 Å². The third-order valence-electron chi connectivity index (χ3n) is 5.05. The molecule has 1 aliphatic heterocycles. The van der Waals surface area contributed by atoms with Gasteiger partial charge >= 0.3 is 0 Å². The maximum absolute atomic E-state index is 5.51. The number of nitrogens with zero attached hydrogens (tertiary/aromatic N) is 2. The molecule has 5 nitrogen and oxygen atoms in total. The van der Waals surface area contributed by atoms with Crippen molar-refractivity contribution in [3.8, 4) is 5.75 Å². The first-order valence-electron chi connectivity index (χ1n) is 9.88. The van der Waals surface area contributed by atoms with E-state index in [1.807, 2.05) is 19.2 Å². The molecule has 1 heterocycles. The summed E-state index contributed by atoms with van der Waals surface area (Å²) in [4.78, 5) is 6.80. The number of rotatable bonds is 8. The van der Waals surface area contributed by atoms with E-state index in [4.69, 9.17) is 4.74 Å². The lowest BCUT2D eigenvalue weighted by Gasteiger charge is -2.22. The number of benzene rings is 1. The molecule has 2 N–H and O–H groups in total. The number of guanidine groups is 1. The van der Waals surface area contributed by atoms with Crippen LogP contribution < -0.4 is 20.3 Å². The van der Waals surface area contributed by atoms with Crippen LogP contribution in [0, 0.1) is 11.8 Å². The van der Waals surface area contributed by atoms with E-state index in [-0.39, 0.29) is 0 Å². The molecule has 0 radical (unpaired) electrons. The molecule has 1 aliphatic rings. The highest BCUT2D eigenvalue weighted by molar-refractivity contribution is 5.79. The van der Waals surface area contributed by atoms with Crippen molar-refractivity contribution >= 4 is 11.6 Å². The molecule has 2 atom stereocenters. The molecule has 1 aromatic rings. The van der Waals surface area contributed by atoms with Gasteiger partial charge in [-0.3, -0.25) is 4.99 Å². The zero-order valence-electron chi connectivity index (χ0n) is 17.1. The first-order valence-corrected chi connectivity index (χ1v) is 9.88. The van der Waals surface area contributed by atoms with E-state index in [1.54, 1.807) is 7.11 Å². The standard InChI is InChI=1S/C21H36N4O/c1-16(2)10-11-17(3)24-21(22-4)23-14-18-12-13-25(15-18)19-8-6-7-9-20(19)26-5/h6-9,16-18H,10-15H2,1-5H3,(H2,22,23,24). The highest BCUT2D eigenvalue weighted by Crippen LogP contribution is 2.31. The molecule has 0 aromatic heterocycles. The molecule has 5 heteroatoms. The third kappa shape index (κ3) is 6.11. The fourth-order valence-electron chi connectivity index (χ4n) is 3.43. The normalized spacial score (nSPS) is 18.9. The summed E-state index contributed by atoms with van der Waals surface area (Å²) < 4.78 is 5.51. The number of aliphatic imine (C=N–C) groups is 1. The van der Waals surface area contributed by atoms with Gasteiger partial charge in [-0.15, -0.1) is 0 Å². The number of hydrogen-bond acceptors (Lipinski definition) is 3. The largest absolute Gasteiger partial charge is 0.495 e. The Labute approximate surface area is 159 Å². The van der Waals surface area contributed by atoms with E-state index in [9.17, 15) is 0 Å². The van der Waals surface area contributed by atoms with Crippen molar-refractivity contribution in [3.63, 3.8) is 0 Å². The van der Waals surface area contributed by atoms with Crippen molar-refractivity contribution < 1.29 is 4.74 Å². The molecule has 1 saturated heterocycles. The Bertz CT molecular complexity index is 573. The number of anilines is 1. The fourth-order valence-corrected chi connectivity index (χ4v) is 3.43. The van der Waals surface area contributed by atoms with E-state index in [0.717, 1.165) is 37.3 Å². The van der Waals surface area contributed by atoms with Gasteiger partial charge in [-0.1, -0.05) is 26.0 Å². The second-order valence-electron chi connectivity index (χ2n) is 7.74. The first-order chi connectivity index (χ1) is 12.5. The van der Waals surface area contributed by atoms with Crippen LogP contribution in [0.4, 0.5) is 5.69 Å². The van der Waals surface area contributed by atoms with Crippen molar-refractivity contribution in [1.82, 2.24) is 10.6 Å². The minimum absolute atomic E-state index is 0.442. The summed E-state index contributed by atoms with van der Waals surface area (Å²) in [5.74, 6) is 3.23. The monoisotopic (exact) mass is 360 g/mol. The summed E-state index contributed by atoms with van der Waals surface area (Å²) in [6.45, 7) is 9.84. The Morgan fingerprint density at radius 1 is 1.27 bits per heavy atom. The second-order valence-corrected chi connectivity index (χ2v) is 7.74. The Morgan fingerprint density at radius 2 is 2.04 bits per heavy atom. The van der Waals surface area contributed by atoms with Gasteiger partial charge in [0, 0.05) is 32.7 Å². The highest BCUT2D eigenvalue weighted by Gasteiger charge is 2.24. The van der Waals surface area contributed by atoms with Crippen LogP contribution in [0.15, 0.2) is 29.3 Å². The molecular formula is C21H36N4O. The molecule has 1 fully saturated rings. The van der Waals surface area contributed by atoms with Crippen molar-refractivity contribution in [1.29, 1.82) is 0 Å². The maximum atomic E-state index is 5.51. The van der Waals surface area contributed by atoms with Crippen LogP contribution in [0.2, 0.25) is 0 Å². The lowest BCUT2D eigenvalue weighted by Crippen LogP contribution is -2.44. The molecule has 1 aromatic carbocycles. The average molecular weight is 361 g/mol. The maximum Gasteiger partial charge on any atom is 0.191 e. The summed E-state index contributed by atoms with van der Waals surface area (Å²) >= 11 is 0. The molecule has 2 unspecified atom stereocenters. The van der Waals surface area contributed by atoms with E-state index < -0.39 is 0 Å². The minimum atomic E-state index is 0.442. The topological polar surface area (TPSA) is 48.9 Å². The predicted molar refractivity (Wildman–Crippen MR) is 111 cm³/mol. The molecule has 2 rings (SSSR count). The van der Waals surface area contributed by atoms with Gasteiger partial charge in [-0.25, -0.2) is 0 Å². The van der Waals surface area contributed by atoms with Crippen LogP contribution in [0.1, 0.15) is 40.0 Å². The van der Waals surface area contributed by atoms with Gasteiger partial charge in [0.1, 0.15) is 5.75 Å². The average Bonchev–Trinajstić information content (AvgIpc) is 3.12. The van der Waals surface area contributed by atoms with E-state index in [2.05, 4.69) is 53.4 Å². The van der Waals surface area contributed by atoms with Gasteiger partial charge in [0.2, 0.25) is 0 Å². The Morgan fingerprint density at radius 3 is 2.73 bits per heavy atom. The first kappa shape index (κ1) is 20.4. The lowest BCUT2D eigenvalue weighted by molar-refractivity contribution is 0.414. The van der Waals surface area contributed by atoms with Crippen LogP contribution >= 0.6 is 0 Å². The quantitative estimate of drug-likeness (QED) is 0.550. The summed E-state index contributed by atoms with van der Waals surface area (Å²) in [6.07, 6.45) is 3.59. The van der Waals surface area contributed by atoms with Crippen LogP contribution in [0.3, 0.4) is 0 Å². The Balaban J connectivity index is 1.79. The van der Waals surface area contributed by atoms with Gasteiger partial charge in [0.25, 0.3) is 0 Å². The minimum Gasteiger partial charge on any atom is -0.495 e. The van der Waals surface area contributed by atoms with Crippen LogP contribution in [-0.2, 0) is 0 Å². The number of nitrogens with one attached hydrogen (secondary N) is 2. The SMILES string of the molecule is CN=C(NCC1CCN(c2ccccc2OC)C1)NC(C)CCC(C)C. The molecule has 0 amide bonds. The van der Waals surface area contributed by atoms with Crippen LogP contribution in [0.25, 0.3) is 0 Å². The summed E-state index contributed by atoms with van der Waals surface area (Å²) in [7, 11) is 3.59. The third-order valence-corrected chi connectivity index (χ3v) is 5.05. The molecule has 26 heavy (non-hydrogen) atoms. The van der Waals surface area contributed by atoms with Gasteiger partial charge in [0.15, 0.2) is 5.96 Å².